The molecule has 2 aliphatic rings. The molecule has 0 amide bonds. The van der Waals surface area contributed by atoms with Crippen molar-refractivity contribution >= 4 is 10.2 Å². The maximum absolute atomic E-state index is 12.6. The fourth-order valence-corrected chi connectivity index (χ4v) is 5.40. The molecule has 3 atom stereocenters. The fourth-order valence-electron chi connectivity index (χ4n) is 3.29. The molecule has 2 heterocycles. The van der Waals surface area contributed by atoms with Crippen molar-refractivity contribution in [1.82, 2.24) is 8.61 Å². The van der Waals surface area contributed by atoms with E-state index < -0.39 is 10.2 Å². The number of hydrogen-bond donors (Lipinski definition) is 1. The molecule has 18 heavy (non-hydrogen) atoms. The number of nitrogens with zero attached hydrogens (tertiary/aromatic N) is 2. The molecule has 0 bridgehead atoms. The molecule has 2 saturated heterocycles. The first kappa shape index (κ1) is 14.2. The Morgan fingerprint density at radius 3 is 2.39 bits per heavy atom. The molecule has 0 unspecified atom stereocenters. The number of rotatable bonds is 3. The van der Waals surface area contributed by atoms with Gasteiger partial charge in [-0.2, -0.15) is 17.0 Å². The highest BCUT2D eigenvalue weighted by Crippen LogP contribution is 2.28. The number of piperidine rings is 1. The summed E-state index contributed by atoms with van der Waals surface area (Å²) >= 11 is 0. The van der Waals surface area contributed by atoms with Crippen LogP contribution in [-0.4, -0.2) is 49.2 Å². The molecule has 0 radical (unpaired) electrons. The topological polar surface area (TPSA) is 66.6 Å². The molecule has 2 rings (SSSR count). The smallest absolute Gasteiger partial charge is 0.282 e. The Labute approximate surface area is 110 Å². The van der Waals surface area contributed by atoms with E-state index in [0.29, 0.717) is 38.0 Å². The average molecular weight is 275 g/mol. The molecular formula is C12H25N3O2S. The lowest BCUT2D eigenvalue weighted by molar-refractivity contribution is 0.207. The zero-order valence-corrected chi connectivity index (χ0v) is 12.2. The molecule has 0 aromatic heterocycles. The first-order valence-electron chi connectivity index (χ1n) is 6.92. The van der Waals surface area contributed by atoms with E-state index in [-0.39, 0.29) is 6.04 Å². The van der Waals surface area contributed by atoms with E-state index >= 15 is 0 Å². The Hall–Kier alpha value is -0.170. The van der Waals surface area contributed by atoms with Crippen molar-refractivity contribution in [3.8, 4) is 0 Å². The van der Waals surface area contributed by atoms with Crippen LogP contribution >= 0.6 is 0 Å². The third kappa shape index (κ3) is 2.71. The molecule has 0 aliphatic carbocycles. The SMILES string of the molecule is C[C@@H]1C[C@@H](C)CN(S(=O)(=O)N2CCC[C@@H]2CN)C1. The van der Waals surface area contributed by atoms with Crippen LogP contribution < -0.4 is 5.73 Å². The Bertz CT molecular complexity index is 375. The summed E-state index contributed by atoms with van der Waals surface area (Å²) in [6, 6.07) is 0.00235. The van der Waals surface area contributed by atoms with Gasteiger partial charge in [0.15, 0.2) is 0 Å². The summed E-state index contributed by atoms with van der Waals surface area (Å²) in [4.78, 5) is 0. The molecular weight excluding hydrogens is 250 g/mol. The fraction of sp³-hybridized carbons (Fsp3) is 1.00. The van der Waals surface area contributed by atoms with E-state index in [1.54, 1.807) is 8.61 Å². The minimum absolute atomic E-state index is 0.00235. The number of nitrogens with two attached hydrogens (primary N) is 1. The Morgan fingerprint density at radius 2 is 1.83 bits per heavy atom. The Kier molecular flexibility index (Phi) is 4.31. The van der Waals surface area contributed by atoms with E-state index in [2.05, 4.69) is 13.8 Å². The van der Waals surface area contributed by atoms with Gasteiger partial charge in [0, 0.05) is 32.2 Å². The molecule has 2 N–H and O–H groups in total. The van der Waals surface area contributed by atoms with Crippen LogP contribution in [-0.2, 0) is 10.2 Å². The van der Waals surface area contributed by atoms with Crippen LogP contribution in [0, 0.1) is 11.8 Å². The van der Waals surface area contributed by atoms with E-state index in [0.717, 1.165) is 19.3 Å². The van der Waals surface area contributed by atoms with Gasteiger partial charge in [-0.05, 0) is 31.1 Å². The summed E-state index contributed by atoms with van der Waals surface area (Å²) < 4.78 is 28.6. The van der Waals surface area contributed by atoms with Gasteiger partial charge < -0.3 is 5.73 Å². The zero-order valence-electron chi connectivity index (χ0n) is 11.4. The van der Waals surface area contributed by atoms with Crippen LogP contribution in [0.3, 0.4) is 0 Å². The van der Waals surface area contributed by atoms with Crippen LogP contribution in [0.25, 0.3) is 0 Å². The summed E-state index contributed by atoms with van der Waals surface area (Å²) in [5.74, 6) is 0.893. The molecule has 6 heteroatoms. The summed E-state index contributed by atoms with van der Waals surface area (Å²) in [6.45, 7) is 6.62. The van der Waals surface area contributed by atoms with Gasteiger partial charge in [0.2, 0.25) is 0 Å². The zero-order chi connectivity index (χ0) is 13.3. The lowest BCUT2D eigenvalue weighted by Gasteiger charge is -2.37. The summed E-state index contributed by atoms with van der Waals surface area (Å²) in [7, 11) is -3.30. The monoisotopic (exact) mass is 275 g/mol. The van der Waals surface area contributed by atoms with Crippen molar-refractivity contribution in [2.75, 3.05) is 26.2 Å². The van der Waals surface area contributed by atoms with Gasteiger partial charge in [-0.3, -0.25) is 0 Å². The van der Waals surface area contributed by atoms with E-state index in [1.165, 1.54) is 0 Å². The first-order valence-corrected chi connectivity index (χ1v) is 8.31. The van der Waals surface area contributed by atoms with Crippen molar-refractivity contribution in [3.63, 3.8) is 0 Å². The first-order chi connectivity index (χ1) is 8.45. The molecule has 106 valence electrons. The van der Waals surface area contributed by atoms with Crippen LogP contribution in [0.1, 0.15) is 33.1 Å². The Balaban J connectivity index is 2.15. The molecule has 2 fully saturated rings. The van der Waals surface area contributed by atoms with E-state index in [1.807, 2.05) is 0 Å². The second-order valence-corrected chi connectivity index (χ2v) is 7.79. The maximum Gasteiger partial charge on any atom is 0.282 e. The van der Waals surface area contributed by atoms with Gasteiger partial charge in [0.05, 0.1) is 0 Å². The van der Waals surface area contributed by atoms with Crippen molar-refractivity contribution in [3.05, 3.63) is 0 Å². The average Bonchev–Trinajstić information content (AvgIpc) is 2.76. The lowest BCUT2D eigenvalue weighted by atomic mass is 9.94. The standard InChI is InChI=1S/C12H25N3O2S/c1-10-6-11(2)9-14(8-10)18(16,17)15-5-3-4-12(15)7-13/h10-12H,3-9,13H2,1-2H3/t10-,11-,12-/m1/s1. The van der Waals surface area contributed by atoms with Gasteiger partial charge in [-0.15, -0.1) is 0 Å². The van der Waals surface area contributed by atoms with Gasteiger partial charge in [0.1, 0.15) is 0 Å². The van der Waals surface area contributed by atoms with Crippen molar-refractivity contribution < 1.29 is 8.42 Å². The van der Waals surface area contributed by atoms with Crippen LogP contribution in [0.15, 0.2) is 0 Å². The summed E-state index contributed by atoms with van der Waals surface area (Å²) in [5.41, 5.74) is 5.68. The van der Waals surface area contributed by atoms with Crippen molar-refractivity contribution in [1.29, 1.82) is 0 Å². The largest absolute Gasteiger partial charge is 0.329 e. The minimum Gasteiger partial charge on any atom is -0.329 e. The van der Waals surface area contributed by atoms with E-state index in [4.69, 9.17) is 5.73 Å². The molecule has 0 spiro atoms. The summed E-state index contributed by atoms with van der Waals surface area (Å²) in [5, 5.41) is 0. The number of hydrogen-bond acceptors (Lipinski definition) is 3. The predicted octanol–water partition coefficient (Wildman–Crippen LogP) is 0.632. The van der Waals surface area contributed by atoms with Gasteiger partial charge in [0.25, 0.3) is 10.2 Å². The van der Waals surface area contributed by atoms with Crippen molar-refractivity contribution in [2.24, 2.45) is 17.6 Å². The highest BCUT2D eigenvalue weighted by atomic mass is 32.2. The van der Waals surface area contributed by atoms with Gasteiger partial charge in [-0.1, -0.05) is 13.8 Å². The quantitative estimate of drug-likeness (QED) is 0.821. The highest BCUT2D eigenvalue weighted by molar-refractivity contribution is 7.86. The second-order valence-electron chi connectivity index (χ2n) is 5.91. The van der Waals surface area contributed by atoms with Gasteiger partial charge >= 0.3 is 0 Å². The van der Waals surface area contributed by atoms with Crippen molar-refractivity contribution in [2.45, 2.75) is 39.2 Å². The molecule has 0 aromatic carbocycles. The van der Waals surface area contributed by atoms with Crippen LogP contribution in [0.4, 0.5) is 0 Å². The normalized spacial score (nSPS) is 36.1. The Morgan fingerprint density at radius 1 is 1.22 bits per heavy atom. The lowest BCUT2D eigenvalue weighted by Crippen LogP contribution is -2.52. The predicted molar refractivity (Wildman–Crippen MR) is 72.2 cm³/mol. The minimum atomic E-state index is -3.30. The van der Waals surface area contributed by atoms with Crippen LogP contribution in [0.5, 0.6) is 0 Å². The summed E-state index contributed by atoms with van der Waals surface area (Å²) in [6.07, 6.45) is 2.95. The molecule has 0 saturated carbocycles. The maximum atomic E-state index is 12.6. The molecule has 5 nitrogen and oxygen atoms in total. The third-order valence-electron chi connectivity index (χ3n) is 4.05. The second kappa shape index (κ2) is 5.45. The molecule has 0 aromatic rings. The third-order valence-corrected chi connectivity index (χ3v) is 6.08. The van der Waals surface area contributed by atoms with Crippen LogP contribution in [0.2, 0.25) is 0 Å². The highest BCUT2D eigenvalue weighted by Gasteiger charge is 2.39. The molecule has 2 aliphatic heterocycles. The van der Waals surface area contributed by atoms with E-state index in [9.17, 15) is 8.42 Å². The van der Waals surface area contributed by atoms with Gasteiger partial charge in [-0.25, -0.2) is 0 Å².